The molecule has 1 aliphatic rings. The van der Waals surface area contributed by atoms with Crippen LogP contribution < -0.4 is 0 Å². The predicted molar refractivity (Wildman–Crippen MR) is 49.8 cm³/mol. The van der Waals surface area contributed by atoms with Gasteiger partial charge in [0.15, 0.2) is 0 Å². The smallest absolute Gasteiger partial charge is 0.341 e. The number of hydrogen-bond acceptors (Lipinski definition) is 2. The summed E-state index contributed by atoms with van der Waals surface area (Å²) in [5.74, 6) is -1.55. The van der Waals surface area contributed by atoms with Crippen LogP contribution in [0.5, 0.6) is 0 Å². The highest BCUT2D eigenvalue weighted by Gasteiger charge is 2.41. The van der Waals surface area contributed by atoms with Gasteiger partial charge in [0.05, 0.1) is 0 Å². The number of aliphatic hydroxyl groups is 1. The molecular weight excluding hydrogens is 187 g/mol. The number of halogens is 1. The molecule has 0 aromatic carbocycles. The van der Waals surface area contributed by atoms with E-state index in [1.807, 2.05) is 0 Å². The Morgan fingerprint density at radius 3 is 2.00 bits per heavy atom. The average Bonchev–Trinajstić information content (AvgIpc) is 2.10. The van der Waals surface area contributed by atoms with Gasteiger partial charge in [-0.1, -0.05) is 32.1 Å². The van der Waals surface area contributed by atoms with Gasteiger partial charge in [0.25, 0.3) is 0 Å². The van der Waals surface area contributed by atoms with Gasteiger partial charge < -0.3 is 10.2 Å². The summed E-state index contributed by atoms with van der Waals surface area (Å²) in [4.78, 5) is 10.5. The minimum absolute atomic E-state index is 0.264. The van der Waals surface area contributed by atoms with Crippen molar-refractivity contribution in [2.24, 2.45) is 0 Å². The van der Waals surface area contributed by atoms with E-state index in [0.717, 1.165) is 19.3 Å². The molecule has 0 saturated heterocycles. The van der Waals surface area contributed by atoms with Crippen LogP contribution in [0.1, 0.15) is 44.9 Å². The van der Waals surface area contributed by atoms with E-state index in [1.54, 1.807) is 0 Å². The Labute approximate surface area is 82.9 Å². The predicted octanol–water partition coefficient (Wildman–Crippen LogP) is 1.88. The lowest BCUT2D eigenvalue weighted by atomic mass is 9.83. The summed E-state index contributed by atoms with van der Waals surface area (Å²) in [6.45, 7) is 0. The van der Waals surface area contributed by atoms with Crippen molar-refractivity contribution in [3.8, 4) is 0 Å². The molecule has 1 aliphatic carbocycles. The summed E-state index contributed by atoms with van der Waals surface area (Å²) in [5.41, 5.74) is -1.63. The molecule has 0 amide bonds. The summed E-state index contributed by atoms with van der Waals surface area (Å²) < 4.78 is 13.3. The lowest BCUT2D eigenvalue weighted by Crippen LogP contribution is -2.44. The van der Waals surface area contributed by atoms with Crippen molar-refractivity contribution in [2.45, 2.75) is 56.7 Å². The van der Waals surface area contributed by atoms with Crippen molar-refractivity contribution in [2.75, 3.05) is 0 Å². The van der Waals surface area contributed by atoms with E-state index >= 15 is 0 Å². The van der Waals surface area contributed by atoms with Gasteiger partial charge in [0, 0.05) is 0 Å². The molecule has 1 rings (SSSR count). The Morgan fingerprint density at radius 1 is 1.14 bits per heavy atom. The van der Waals surface area contributed by atoms with E-state index in [4.69, 9.17) is 5.11 Å². The van der Waals surface area contributed by atoms with Crippen LogP contribution in [0.3, 0.4) is 0 Å². The van der Waals surface area contributed by atoms with Crippen molar-refractivity contribution >= 4 is 5.97 Å². The highest BCUT2D eigenvalue weighted by Crippen LogP contribution is 2.30. The number of carboxylic acids is 1. The molecule has 0 radical (unpaired) electrons. The fourth-order valence-corrected chi connectivity index (χ4v) is 2.00. The molecule has 82 valence electrons. The second-order valence-electron chi connectivity index (χ2n) is 4.07. The average molecular weight is 204 g/mol. The van der Waals surface area contributed by atoms with E-state index in [2.05, 4.69) is 0 Å². The molecule has 0 aromatic heterocycles. The van der Waals surface area contributed by atoms with E-state index in [0.29, 0.717) is 12.8 Å². The van der Waals surface area contributed by atoms with Crippen LogP contribution in [0.15, 0.2) is 0 Å². The molecule has 0 heterocycles. The molecule has 0 spiro atoms. The normalized spacial score (nSPS) is 24.7. The van der Waals surface area contributed by atoms with Gasteiger partial charge in [-0.3, -0.25) is 0 Å². The third-order valence-electron chi connectivity index (χ3n) is 2.91. The van der Waals surface area contributed by atoms with Crippen molar-refractivity contribution in [3.63, 3.8) is 0 Å². The summed E-state index contributed by atoms with van der Waals surface area (Å²) in [5, 5.41) is 18.4. The first-order valence-electron chi connectivity index (χ1n) is 5.15. The molecule has 4 heteroatoms. The summed E-state index contributed by atoms with van der Waals surface area (Å²) in [7, 11) is 0. The van der Waals surface area contributed by atoms with Crippen molar-refractivity contribution < 1.29 is 19.4 Å². The molecule has 1 atom stereocenters. The molecule has 14 heavy (non-hydrogen) atoms. The first-order valence-corrected chi connectivity index (χ1v) is 5.15. The molecular formula is C10H17FO3. The van der Waals surface area contributed by atoms with E-state index < -0.39 is 17.7 Å². The topological polar surface area (TPSA) is 57.5 Å². The van der Waals surface area contributed by atoms with Crippen LogP contribution in [-0.4, -0.2) is 28.0 Å². The second kappa shape index (κ2) is 4.73. The number of aliphatic carboxylic acids is 1. The maximum absolute atomic E-state index is 13.3. The Morgan fingerprint density at radius 2 is 1.57 bits per heavy atom. The third-order valence-corrected chi connectivity index (χ3v) is 2.91. The number of carboxylic acid groups (broad SMARTS) is 1. The van der Waals surface area contributed by atoms with Gasteiger partial charge >= 0.3 is 5.97 Å². The fraction of sp³-hybridized carbons (Fsp3) is 0.900. The lowest BCUT2D eigenvalue weighted by Gasteiger charge is -2.30. The van der Waals surface area contributed by atoms with Gasteiger partial charge in [-0.15, -0.1) is 0 Å². The van der Waals surface area contributed by atoms with Gasteiger partial charge in [0.2, 0.25) is 6.17 Å². The molecule has 3 nitrogen and oxygen atoms in total. The fourth-order valence-electron chi connectivity index (χ4n) is 2.00. The van der Waals surface area contributed by atoms with Crippen LogP contribution in [0, 0.1) is 0 Å². The Hall–Kier alpha value is -0.640. The summed E-state index contributed by atoms with van der Waals surface area (Å²) in [6.07, 6.45) is 2.82. The van der Waals surface area contributed by atoms with Gasteiger partial charge in [-0.25, -0.2) is 9.18 Å². The minimum Gasteiger partial charge on any atom is -0.479 e. The highest BCUT2D eigenvalue weighted by molar-refractivity contribution is 5.73. The molecule has 0 aliphatic heterocycles. The van der Waals surface area contributed by atoms with E-state index in [9.17, 15) is 14.3 Å². The zero-order chi connectivity index (χ0) is 10.6. The molecule has 0 bridgehead atoms. The summed E-state index contributed by atoms with van der Waals surface area (Å²) in [6, 6.07) is 0. The molecule has 1 saturated carbocycles. The Bertz CT molecular complexity index is 198. The van der Waals surface area contributed by atoms with Crippen LogP contribution in [0.2, 0.25) is 0 Å². The maximum Gasteiger partial charge on any atom is 0.341 e. The molecule has 1 unspecified atom stereocenters. The first-order chi connectivity index (χ1) is 6.56. The summed E-state index contributed by atoms with van der Waals surface area (Å²) >= 11 is 0. The van der Waals surface area contributed by atoms with E-state index in [-0.39, 0.29) is 12.8 Å². The number of hydrogen-bond donors (Lipinski definition) is 2. The van der Waals surface area contributed by atoms with Crippen molar-refractivity contribution in [3.05, 3.63) is 0 Å². The minimum atomic E-state index is -2.14. The monoisotopic (exact) mass is 204 g/mol. The third kappa shape index (κ3) is 2.67. The number of alkyl halides is 1. The van der Waals surface area contributed by atoms with Crippen LogP contribution in [0.25, 0.3) is 0 Å². The Kier molecular flexibility index (Phi) is 3.86. The van der Waals surface area contributed by atoms with Gasteiger partial charge in [-0.2, -0.15) is 0 Å². The van der Waals surface area contributed by atoms with Crippen LogP contribution in [0.4, 0.5) is 4.39 Å². The zero-order valence-electron chi connectivity index (χ0n) is 8.21. The largest absolute Gasteiger partial charge is 0.479 e. The lowest BCUT2D eigenvalue weighted by molar-refractivity contribution is -0.156. The maximum atomic E-state index is 13.3. The Balaban J connectivity index is 2.62. The van der Waals surface area contributed by atoms with Crippen LogP contribution >= 0.6 is 0 Å². The highest BCUT2D eigenvalue weighted by atomic mass is 19.1. The SMILES string of the molecule is O=C(O)C(F)C1(O)CCCCCCC1. The van der Waals surface area contributed by atoms with Crippen molar-refractivity contribution in [1.29, 1.82) is 0 Å². The van der Waals surface area contributed by atoms with E-state index in [1.165, 1.54) is 0 Å². The standard InChI is InChI=1S/C10H17FO3/c11-8(9(12)13)10(14)6-4-2-1-3-5-7-10/h8,14H,1-7H2,(H,12,13). The number of rotatable bonds is 2. The molecule has 1 fully saturated rings. The molecule has 2 N–H and O–H groups in total. The van der Waals surface area contributed by atoms with Crippen molar-refractivity contribution in [1.82, 2.24) is 0 Å². The van der Waals surface area contributed by atoms with Crippen LogP contribution in [-0.2, 0) is 4.79 Å². The second-order valence-corrected chi connectivity index (χ2v) is 4.07. The van der Waals surface area contributed by atoms with Gasteiger partial charge in [-0.05, 0) is 12.8 Å². The molecule has 0 aromatic rings. The zero-order valence-corrected chi connectivity index (χ0v) is 8.21. The first kappa shape index (κ1) is 11.4. The quantitative estimate of drug-likeness (QED) is 0.722. The number of carbonyl (C=O) groups is 1. The van der Waals surface area contributed by atoms with Gasteiger partial charge in [0.1, 0.15) is 5.60 Å².